The van der Waals surface area contributed by atoms with E-state index in [0.29, 0.717) is 16.8 Å². The van der Waals surface area contributed by atoms with Gasteiger partial charge in [0.1, 0.15) is 11.5 Å². The van der Waals surface area contributed by atoms with Crippen molar-refractivity contribution < 1.29 is 9.50 Å². The molecule has 0 aromatic carbocycles. The van der Waals surface area contributed by atoms with Crippen LogP contribution in [0.4, 0.5) is 4.39 Å². The molecule has 1 N–H and O–H groups in total. The highest BCUT2D eigenvalue weighted by Gasteiger charge is 2.27. The molecular formula is C10H11BrFNO. The van der Waals surface area contributed by atoms with Crippen molar-refractivity contribution in [1.29, 1.82) is 0 Å². The van der Waals surface area contributed by atoms with Gasteiger partial charge in [-0.15, -0.1) is 0 Å². The van der Waals surface area contributed by atoms with E-state index in [4.69, 9.17) is 0 Å². The maximum Gasteiger partial charge on any atom is 0.148 e. The number of halogens is 2. The van der Waals surface area contributed by atoms with Crippen LogP contribution >= 0.6 is 15.9 Å². The molecule has 0 saturated heterocycles. The number of pyridine rings is 1. The molecule has 1 saturated carbocycles. The summed E-state index contributed by atoms with van der Waals surface area (Å²) in [6, 6.07) is 1.33. The van der Waals surface area contributed by atoms with Crippen molar-refractivity contribution in [3.05, 3.63) is 28.2 Å². The van der Waals surface area contributed by atoms with Gasteiger partial charge in [0.2, 0.25) is 0 Å². The van der Waals surface area contributed by atoms with Crippen LogP contribution in [0.25, 0.3) is 0 Å². The summed E-state index contributed by atoms with van der Waals surface area (Å²) >= 11 is 3.12. The van der Waals surface area contributed by atoms with Crippen LogP contribution in [0.5, 0.6) is 0 Å². The van der Waals surface area contributed by atoms with Gasteiger partial charge in [0.15, 0.2) is 0 Å². The van der Waals surface area contributed by atoms with Gasteiger partial charge in [-0.2, -0.15) is 0 Å². The Kier molecular flexibility index (Phi) is 2.83. The topological polar surface area (TPSA) is 33.1 Å². The first-order chi connectivity index (χ1) is 6.66. The van der Waals surface area contributed by atoms with Crippen LogP contribution in [-0.2, 0) is 0 Å². The van der Waals surface area contributed by atoms with E-state index in [1.54, 1.807) is 0 Å². The molecule has 1 unspecified atom stereocenters. The molecular weight excluding hydrogens is 249 g/mol. The van der Waals surface area contributed by atoms with Gasteiger partial charge < -0.3 is 5.11 Å². The summed E-state index contributed by atoms with van der Waals surface area (Å²) in [5.41, 5.74) is 0.167. The Morgan fingerprint density at radius 1 is 1.64 bits per heavy atom. The van der Waals surface area contributed by atoms with Crippen molar-refractivity contribution in [1.82, 2.24) is 4.98 Å². The van der Waals surface area contributed by atoms with Crippen molar-refractivity contribution in [3.63, 3.8) is 0 Å². The highest BCUT2D eigenvalue weighted by Crippen LogP contribution is 2.37. The zero-order valence-corrected chi connectivity index (χ0v) is 9.17. The molecule has 1 heterocycles. The van der Waals surface area contributed by atoms with Gasteiger partial charge in [-0.25, -0.2) is 4.39 Å². The molecule has 1 atom stereocenters. The third kappa shape index (κ3) is 2.30. The van der Waals surface area contributed by atoms with Gasteiger partial charge in [0, 0.05) is 10.7 Å². The van der Waals surface area contributed by atoms with Crippen molar-refractivity contribution in [2.45, 2.75) is 25.4 Å². The van der Waals surface area contributed by atoms with E-state index in [9.17, 15) is 9.50 Å². The van der Waals surface area contributed by atoms with Gasteiger partial charge in [-0.3, -0.25) is 4.98 Å². The molecule has 0 radical (unpaired) electrons. The second kappa shape index (κ2) is 3.95. The summed E-state index contributed by atoms with van der Waals surface area (Å²) in [4.78, 5) is 3.89. The average molecular weight is 260 g/mol. The molecule has 4 heteroatoms. The summed E-state index contributed by atoms with van der Waals surface area (Å²) in [6.45, 7) is 0. The van der Waals surface area contributed by atoms with Crippen LogP contribution in [0.2, 0.25) is 0 Å². The third-order valence-corrected chi connectivity index (χ3v) is 2.84. The minimum atomic E-state index is -0.754. The first-order valence-corrected chi connectivity index (χ1v) is 5.45. The Balaban J connectivity index is 2.13. The number of aromatic nitrogens is 1. The first-order valence-electron chi connectivity index (χ1n) is 4.66. The standard InChI is InChI=1S/C10H11BrFNO/c11-7-4-8(12)10(13-5-7)9(14)3-6-1-2-6/h4-6,9,14H,1-3H2. The summed E-state index contributed by atoms with van der Waals surface area (Å²) < 4.78 is 13.9. The monoisotopic (exact) mass is 259 g/mol. The van der Waals surface area contributed by atoms with Gasteiger partial charge >= 0.3 is 0 Å². The lowest BCUT2D eigenvalue weighted by atomic mass is 10.1. The van der Waals surface area contributed by atoms with Gasteiger partial charge in [0.25, 0.3) is 0 Å². The van der Waals surface area contributed by atoms with Crippen molar-refractivity contribution >= 4 is 15.9 Å². The SMILES string of the molecule is OC(CC1CC1)c1ncc(Br)cc1F. The van der Waals surface area contributed by atoms with Crippen LogP contribution < -0.4 is 0 Å². The Morgan fingerprint density at radius 2 is 2.36 bits per heavy atom. The Hall–Kier alpha value is -0.480. The molecule has 1 aliphatic rings. The van der Waals surface area contributed by atoms with Crippen molar-refractivity contribution in [2.75, 3.05) is 0 Å². The maximum atomic E-state index is 13.3. The lowest BCUT2D eigenvalue weighted by Crippen LogP contribution is -2.04. The first kappa shape index (κ1) is 10.1. The Labute approximate surface area is 90.3 Å². The molecule has 1 aliphatic carbocycles. The minimum Gasteiger partial charge on any atom is -0.387 e. The lowest BCUT2D eigenvalue weighted by Gasteiger charge is -2.09. The fraction of sp³-hybridized carbons (Fsp3) is 0.500. The van der Waals surface area contributed by atoms with Crippen LogP contribution in [0.3, 0.4) is 0 Å². The van der Waals surface area contributed by atoms with Crippen molar-refractivity contribution in [3.8, 4) is 0 Å². The minimum absolute atomic E-state index is 0.167. The summed E-state index contributed by atoms with van der Waals surface area (Å²) in [7, 11) is 0. The Morgan fingerprint density at radius 3 is 2.93 bits per heavy atom. The fourth-order valence-electron chi connectivity index (χ4n) is 1.45. The molecule has 1 aromatic rings. The number of nitrogens with zero attached hydrogens (tertiary/aromatic N) is 1. The van der Waals surface area contributed by atoms with E-state index in [2.05, 4.69) is 20.9 Å². The highest BCUT2D eigenvalue weighted by atomic mass is 79.9. The van der Waals surface area contributed by atoms with E-state index in [0.717, 1.165) is 12.8 Å². The molecule has 0 amide bonds. The maximum absolute atomic E-state index is 13.3. The number of rotatable bonds is 3. The summed E-state index contributed by atoms with van der Waals surface area (Å²) in [5.74, 6) is 0.127. The van der Waals surface area contributed by atoms with Crippen LogP contribution in [0.15, 0.2) is 16.7 Å². The zero-order chi connectivity index (χ0) is 10.1. The molecule has 2 nitrogen and oxygen atoms in total. The van der Waals surface area contributed by atoms with E-state index >= 15 is 0 Å². The van der Waals surface area contributed by atoms with E-state index in [-0.39, 0.29) is 5.69 Å². The molecule has 76 valence electrons. The molecule has 1 fully saturated rings. The molecule has 0 bridgehead atoms. The normalized spacial score (nSPS) is 18.2. The molecule has 1 aromatic heterocycles. The molecule has 0 aliphatic heterocycles. The molecule has 0 spiro atoms. The predicted octanol–water partition coefficient (Wildman–Crippen LogP) is 2.82. The second-order valence-corrected chi connectivity index (χ2v) is 4.63. The third-order valence-electron chi connectivity index (χ3n) is 2.41. The Bertz CT molecular complexity index is 341. The summed E-state index contributed by atoms with van der Waals surface area (Å²) in [5, 5.41) is 9.68. The highest BCUT2D eigenvalue weighted by molar-refractivity contribution is 9.10. The number of aliphatic hydroxyl groups is 1. The van der Waals surface area contributed by atoms with E-state index in [1.807, 2.05) is 0 Å². The van der Waals surface area contributed by atoms with Crippen LogP contribution in [0, 0.1) is 11.7 Å². The van der Waals surface area contributed by atoms with Gasteiger partial charge in [-0.1, -0.05) is 12.8 Å². The largest absolute Gasteiger partial charge is 0.387 e. The second-order valence-electron chi connectivity index (χ2n) is 3.72. The number of hydrogen-bond acceptors (Lipinski definition) is 2. The lowest BCUT2D eigenvalue weighted by molar-refractivity contribution is 0.150. The van der Waals surface area contributed by atoms with Crippen molar-refractivity contribution in [2.24, 2.45) is 5.92 Å². The predicted molar refractivity (Wildman–Crippen MR) is 54.2 cm³/mol. The van der Waals surface area contributed by atoms with Gasteiger partial charge in [0.05, 0.1) is 6.10 Å². The quantitative estimate of drug-likeness (QED) is 0.906. The summed E-state index contributed by atoms with van der Waals surface area (Å²) in [6.07, 6.45) is 3.68. The average Bonchev–Trinajstić information content (AvgIpc) is 2.87. The molecule has 2 rings (SSSR count). The smallest absolute Gasteiger partial charge is 0.148 e. The zero-order valence-electron chi connectivity index (χ0n) is 7.58. The fourth-order valence-corrected chi connectivity index (χ4v) is 1.75. The van der Waals surface area contributed by atoms with E-state index < -0.39 is 11.9 Å². The molecule has 14 heavy (non-hydrogen) atoms. The number of aliphatic hydroxyl groups excluding tert-OH is 1. The van der Waals surface area contributed by atoms with Crippen LogP contribution in [-0.4, -0.2) is 10.1 Å². The number of hydrogen-bond donors (Lipinski definition) is 1. The van der Waals surface area contributed by atoms with E-state index in [1.165, 1.54) is 12.3 Å². The van der Waals surface area contributed by atoms with Gasteiger partial charge in [-0.05, 0) is 34.3 Å². The van der Waals surface area contributed by atoms with Crippen LogP contribution in [0.1, 0.15) is 31.1 Å².